The Bertz CT molecular complexity index is 2480. The van der Waals surface area contributed by atoms with Crippen LogP contribution in [0.15, 0.2) is 75.2 Å². The summed E-state index contributed by atoms with van der Waals surface area (Å²) in [7, 11) is 1.85. The molecule has 0 bridgehead atoms. The predicted molar refractivity (Wildman–Crippen MR) is 296 cm³/mol. The van der Waals surface area contributed by atoms with Gasteiger partial charge in [-0.05, 0) is 135 Å². The topological polar surface area (TPSA) is 147 Å². The molecular formula is C60H93N3O7. The lowest BCUT2D eigenvalue weighted by Crippen LogP contribution is -2.24. The van der Waals surface area contributed by atoms with E-state index in [9.17, 15) is 34.8 Å². The van der Waals surface area contributed by atoms with Crippen LogP contribution in [0.25, 0.3) is 0 Å². The molecule has 0 unspecified atom stereocenters. The molecule has 0 fully saturated rings. The van der Waals surface area contributed by atoms with Crippen LogP contribution in [0.5, 0.6) is 23.0 Å². The molecule has 5 aromatic rings. The van der Waals surface area contributed by atoms with Crippen molar-refractivity contribution in [3.05, 3.63) is 148 Å². The molecule has 10 heteroatoms. The van der Waals surface area contributed by atoms with Crippen LogP contribution in [0.2, 0.25) is 0 Å². The fourth-order valence-electron chi connectivity index (χ4n) is 8.30. The van der Waals surface area contributed by atoms with Crippen molar-refractivity contribution in [2.24, 2.45) is 7.05 Å². The summed E-state index contributed by atoms with van der Waals surface area (Å²) in [6, 6.07) is 18.0. The second-order valence-electron chi connectivity index (χ2n) is 21.6. The molecule has 0 radical (unpaired) electrons. The van der Waals surface area contributed by atoms with Crippen molar-refractivity contribution in [1.29, 1.82) is 0 Å². The Morgan fingerprint density at radius 3 is 1.17 bits per heavy atom. The first kappa shape index (κ1) is 62.5. The van der Waals surface area contributed by atoms with Gasteiger partial charge in [-0.3, -0.25) is 14.4 Å². The number of aryl methyl sites for hydroxylation is 1. The van der Waals surface area contributed by atoms with Gasteiger partial charge in [0.1, 0.15) is 11.5 Å². The maximum atomic E-state index is 11.9. The van der Waals surface area contributed by atoms with Crippen LogP contribution in [0.1, 0.15) is 254 Å². The fourth-order valence-corrected chi connectivity index (χ4v) is 8.30. The number of pyridine rings is 3. The van der Waals surface area contributed by atoms with Gasteiger partial charge >= 0.3 is 0 Å². The van der Waals surface area contributed by atoms with Gasteiger partial charge in [-0.1, -0.05) is 147 Å². The molecule has 0 saturated carbocycles. The summed E-state index contributed by atoms with van der Waals surface area (Å²) in [5, 5.41) is 39.4. The van der Waals surface area contributed by atoms with E-state index in [1.165, 1.54) is 10.1 Å². The zero-order valence-electron chi connectivity index (χ0n) is 47.4. The van der Waals surface area contributed by atoms with Crippen molar-refractivity contribution in [3.8, 4) is 23.0 Å². The molecule has 2 aromatic carbocycles. The number of para-hydroxylation sites is 1. The van der Waals surface area contributed by atoms with Crippen LogP contribution in [-0.2, 0) is 7.05 Å². The van der Waals surface area contributed by atoms with E-state index in [1.807, 2.05) is 127 Å². The predicted octanol–water partition coefficient (Wildman–Crippen LogP) is 15.0. The van der Waals surface area contributed by atoms with Gasteiger partial charge in [0.15, 0.2) is 11.5 Å². The quantitative estimate of drug-likeness (QED) is 0.109. The van der Waals surface area contributed by atoms with Crippen molar-refractivity contribution >= 4 is 0 Å². The van der Waals surface area contributed by atoms with Crippen LogP contribution in [0.4, 0.5) is 0 Å². The van der Waals surface area contributed by atoms with Gasteiger partial charge in [0.05, 0.1) is 0 Å². The van der Waals surface area contributed by atoms with E-state index >= 15 is 0 Å². The lowest BCUT2D eigenvalue weighted by Gasteiger charge is -2.17. The molecule has 5 rings (SSSR count). The van der Waals surface area contributed by atoms with Crippen molar-refractivity contribution in [2.45, 2.75) is 212 Å². The highest BCUT2D eigenvalue weighted by Gasteiger charge is 2.17. The molecule has 0 aliphatic rings. The van der Waals surface area contributed by atoms with E-state index < -0.39 is 0 Å². The first-order valence-electron chi connectivity index (χ1n) is 25.5. The molecule has 0 aliphatic heterocycles. The van der Waals surface area contributed by atoms with E-state index in [4.69, 9.17) is 0 Å². The molecule has 4 N–H and O–H groups in total. The highest BCUT2D eigenvalue weighted by Crippen LogP contribution is 2.34. The summed E-state index contributed by atoms with van der Waals surface area (Å²) in [5.74, 6) is 3.40. The van der Waals surface area contributed by atoms with E-state index in [0.717, 1.165) is 44.8 Å². The molecular weight excluding hydrogens is 875 g/mol. The minimum absolute atomic E-state index is 0.0737. The van der Waals surface area contributed by atoms with E-state index in [-0.39, 0.29) is 52.1 Å². The number of phenolic OH excluding ortho intramolecular Hbond substituents is 2. The highest BCUT2D eigenvalue weighted by molar-refractivity contribution is 5.47. The molecule has 0 aliphatic carbocycles. The molecule has 10 nitrogen and oxygen atoms in total. The van der Waals surface area contributed by atoms with Crippen LogP contribution < -0.4 is 16.7 Å². The van der Waals surface area contributed by atoms with E-state index in [2.05, 4.69) is 81.4 Å². The summed E-state index contributed by atoms with van der Waals surface area (Å²) < 4.78 is 4.91. The number of rotatable bonds is 10. The largest absolute Gasteiger partial charge is 0.507 e. The normalized spacial score (nSPS) is 11.3. The van der Waals surface area contributed by atoms with Crippen molar-refractivity contribution in [1.82, 2.24) is 13.7 Å². The lowest BCUT2D eigenvalue weighted by atomic mass is 9.91. The van der Waals surface area contributed by atoms with Gasteiger partial charge in [-0.2, -0.15) is 0 Å². The Hall–Kier alpha value is -5.51. The monoisotopic (exact) mass is 968 g/mol. The zero-order chi connectivity index (χ0) is 54.4. The van der Waals surface area contributed by atoms with Gasteiger partial charge in [0.25, 0.3) is 16.7 Å². The van der Waals surface area contributed by atoms with Crippen LogP contribution >= 0.6 is 0 Å². The van der Waals surface area contributed by atoms with E-state index in [0.29, 0.717) is 52.6 Å². The Labute approximate surface area is 422 Å². The van der Waals surface area contributed by atoms with Crippen LogP contribution in [0, 0.1) is 13.8 Å². The van der Waals surface area contributed by atoms with Gasteiger partial charge in [-0.25, -0.2) is 0 Å². The van der Waals surface area contributed by atoms with Gasteiger partial charge in [0.2, 0.25) is 0 Å². The molecule has 3 aromatic heterocycles. The summed E-state index contributed by atoms with van der Waals surface area (Å²) in [4.78, 5) is 35.4. The average Bonchev–Trinajstić information content (AvgIpc) is 3.24. The summed E-state index contributed by atoms with van der Waals surface area (Å²) >= 11 is 0. The van der Waals surface area contributed by atoms with Crippen LogP contribution in [0.3, 0.4) is 0 Å². The molecule has 70 heavy (non-hydrogen) atoms. The highest BCUT2D eigenvalue weighted by atomic mass is 16.3. The first-order valence-corrected chi connectivity index (χ1v) is 25.5. The standard InChI is InChI=1S/C13H20O.C12H19NO2.C12H19NO.C12H18O.C11H17NO2/c1-8(2)11-6-7-12(9(3)4)13(14)10(11)5;1-7(2)10-6-9(5)13(8(3)4)12(15)11(10)14;1-8(2)10-6-7-11(9(3)4)13(5)12(10)14;1-8(2)10-6-5-7-11(9(3)4)12(10)13;1-7(2)9-5-6-12(8(3)4)11(14)10(9)13/h6-9,14H,1-5H3;6-8,14H,1-5H3;6-9H,1-5H3;5-9,13H,1-4H3;5-8,13H,1-4H3. The lowest BCUT2D eigenvalue weighted by molar-refractivity contribution is 0.436. The third-order valence-corrected chi connectivity index (χ3v) is 12.6. The Morgan fingerprint density at radius 1 is 0.386 bits per heavy atom. The van der Waals surface area contributed by atoms with Crippen molar-refractivity contribution < 1.29 is 20.4 Å². The smallest absolute Gasteiger partial charge is 0.293 e. The number of aromatic hydroxyl groups is 4. The Kier molecular flexibility index (Phi) is 24.8. The fraction of sp³-hybridized carbons (Fsp3) is 0.550. The molecule has 0 spiro atoms. The van der Waals surface area contributed by atoms with E-state index in [1.54, 1.807) is 21.4 Å². The number of nitrogens with zero attached hydrogens (tertiary/aromatic N) is 3. The Morgan fingerprint density at radius 2 is 0.771 bits per heavy atom. The maximum Gasteiger partial charge on any atom is 0.293 e. The third kappa shape index (κ3) is 16.5. The van der Waals surface area contributed by atoms with Gasteiger partial charge in [0, 0.05) is 53.4 Å². The molecule has 0 atom stereocenters. The maximum absolute atomic E-state index is 11.9. The number of hydrogen-bond donors (Lipinski definition) is 4. The van der Waals surface area contributed by atoms with Crippen LogP contribution in [-0.4, -0.2) is 34.1 Å². The third-order valence-electron chi connectivity index (χ3n) is 12.6. The summed E-state index contributed by atoms with van der Waals surface area (Å²) in [6.45, 7) is 44.6. The van der Waals surface area contributed by atoms with Gasteiger partial charge < -0.3 is 34.1 Å². The van der Waals surface area contributed by atoms with Crippen molar-refractivity contribution in [3.63, 3.8) is 0 Å². The van der Waals surface area contributed by atoms with Gasteiger partial charge in [-0.15, -0.1) is 0 Å². The second kappa shape index (κ2) is 27.8. The minimum Gasteiger partial charge on any atom is -0.507 e. The molecule has 3 heterocycles. The minimum atomic E-state index is -0.300. The zero-order valence-corrected chi connectivity index (χ0v) is 47.4. The number of phenols is 2. The van der Waals surface area contributed by atoms with Crippen molar-refractivity contribution in [2.75, 3.05) is 0 Å². The molecule has 0 saturated heterocycles. The average molecular weight is 968 g/mol. The number of benzene rings is 2. The summed E-state index contributed by atoms with van der Waals surface area (Å²) in [6.07, 6.45) is 1.74. The molecule has 0 amide bonds. The summed E-state index contributed by atoms with van der Waals surface area (Å²) in [5.41, 5.74) is 9.32. The number of aromatic nitrogens is 3. The number of hydrogen-bond acceptors (Lipinski definition) is 7. The Balaban J connectivity index is 0.000000438. The SMILES string of the molecule is CC(C)c1ccc(C(C)C)n(C)c1=O.CC(C)c1cccc(C(C)C)c1O.CC(C)c1ccn(C(C)C)c(=O)c1O.Cc1c(C(C)C)ccc(C(C)C)c1O.Cc1cc(C(C)C)c(O)c(=O)n1C(C)C. The first-order chi connectivity index (χ1) is 32.2. The molecule has 390 valence electrons. The second-order valence-corrected chi connectivity index (χ2v) is 21.6.